The van der Waals surface area contributed by atoms with Crippen molar-refractivity contribution in [3.8, 4) is 0 Å². The zero-order valence-electron chi connectivity index (χ0n) is 14.5. The molecule has 1 heteroatoms. The van der Waals surface area contributed by atoms with E-state index in [9.17, 15) is 0 Å². The topological polar surface area (TPSA) is 0 Å². The first kappa shape index (κ1) is 20.3. The Morgan fingerprint density at radius 2 is 0.571 bits per heavy atom. The van der Waals surface area contributed by atoms with Crippen molar-refractivity contribution >= 4 is 0 Å². The van der Waals surface area contributed by atoms with E-state index < -0.39 is 0 Å². The molecule has 0 aliphatic heterocycles. The maximum Gasteiger partial charge on any atom is 0 e. The van der Waals surface area contributed by atoms with Crippen LogP contribution in [0.5, 0.6) is 0 Å². The van der Waals surface area contributed by atoms with Crippen molar-refractivity contribution in [2.75, 3.05) is 0 Å². The van der Waals surface area contributed by atoms with Gasteiger partial charge in [-0.25, -0.2) is 0 Å². The normalized spacial score (nSPS) is 15.1. The average Bonchev–Trinajstić information content (AvgIpc) is 2.41. The average molecular weight is 373 g/mol. The summed E-state index contributed by atoms with van der Waals surface area (Å²) in [7, 11) is 0. The van der Waals surface area contributed by atoms with Gasteiger partial charge < -0.3 is 0 Å². The minimum atomic E-state index is 0. The monoisotopic (exact) mass is 373 g/mol. The van der Waals surface area contributed by atoms with Gasteiger partial charge in [0.05, 0.1) is 0 Å². The maximum atomic E-state index is 2.27. The van der Waals surface area contributed by atoms with Gasteiger partial charge in [0.25, 0.3) is 0 Å². The van der Waals surface area contributed by atoms with Crippen LogP contribution in [0, 0.1) is 41.5 Å². The first-order valence-electron chi connectivity index (χ1n) is 7.80. The van der Waals surface area contributed by atoms with Gasteiger partial charge in [-0.15, -0.1) is 0 Å². The second-order valence-corrected chi connectivity index (χ2v) is 5.85. The largest absolute Gasteiger partial charge is 0.0882 e. The standard InChI is InChI=1S/C12H18.C8H12.Rh/c1-7-8(2)10(4)12(6)11(5)9(7)3;1-2-4-6-8-7-5-3-1;/h1-6H3;1-2,7-8H,3-6H2;/b;2-1-,8-7?;. The van der Waals surface area contributed by atoms with Crippen molar-refractivity contribution in [2.45, 2.75) is 67.2 Å². The molecule has 0 heterocycles. The summed E-state index contributed by atoms with van der Waals surface area (Å²) in [6.07, 6.45) is 14.0. The zero-order valence-corrected chi connectivity index (χ0v) is 16.1. The molecule has 0 spiro atoms. The first-order chi connectivity index (χ1) is 9.46. The molecular weight excluding hydrogens is 343 g/mol. The molecule has 0 bridgehead atoms. The van der Waals surface area contributed by atoms with Crippen LogP contribution in [0.3, 0.4) is 0 Å². The molecule has 0 nitrogen and oxygen atoms in total. The van der Waals surface area contributed by atoms with E-state index in [0.717, 1.165) is 0 Å². The molecule has 0 amide bonds. The predicted molar refractivity (Wildman–Crippen MR) is 91.6 cm³/mol. The van der Waals surface area contributed by atoms with Gasteiger partial charge in [-0.05, 0) is 101 Å². The Morgan fingerprint density at radius 1 is 0.429 bits per heavy atom. The van der Waals surface area contributed by atoms with Gasteiger partial charge in [0.15, 0.2) is 0 Å². The fraction of sp³-hybridized carbons (Fsp3) is 0.500. The van der Waals surface area contributed by atoms with Crippen LogP contribution in [-0.4, -0.2) is 0 Å². The molecule has 0 unspecified atom stereocenters. The number of rotatable bonds is 0. The van der Waals surface area contributed by atoms with Gasteiger partial charge in [-0.2, -0.15) is 0 Å². The molecule has 1 aliphatic rings. The van der Waals surface area contributed by atoms with E-state index in [0.29, 0.717) is 0 Å². The Hall–Kier alpha value is -0.677. The Balaban J connectivity index is 0.000000390. The minimum absolute atomic E-state index is 0. The molecule has 119 valence electrons. The third kappa shape index (κ3) is 5.91. The molecule has 21 heavy (non-hydrogen) atoms. The van der Waals surface area contributed by atoms with Gasteiger partial charge in [-0.1, -0.05) is 24.3 Å². The van der Waals surface area contributed by atoms with Crippen LogP contribution in [0.15, 0.2) is 24.3 Å². The van der Waals surface area contributed by atoms with E-state index in [1.54, 1.807) is 0 Å². The van der Waals surface area contributed by atoms with Crippen LogP contribution in [0.25, 0.3) is 0 Å². The predicted octanol–water partition coefficient (Wildman–Crippen LogP) is 6.21. The third-order valence-electron chi connectivity index (χ3n) is 4.71. The van der Waals surface area contributed by atoms with Crippen LogP contribution in [-0.2, 0) is 19.5 Å². The van der Waals surface area contributed by atoms with Gasteiger partial charge in [0, 0.05) is 19.5 Å². The smallest absolute Gasteiger partial charge is 0 e. The van der Waals surface area contributed by atoms with Gasteiger partial charge in [-0.3, -0.25) is 0 Å². The van der Waals surface area contributed by atoms with Crippen LogP contribution >= 0.6 is 0 Å². The van der Waals surface area contributed by atoms with E-state index in [2.05, 4.69) is 65.8 Å². The summed E-state index contributed by atoms with van der Waals surface area (Å²) in [5.41, 5.74) is 8.73. The molecule has 0 atom stereocenters. The Kier molecular flexibility index (Phi) is 9.79. The molecule has 2 rings (SSSR count). The Bertz CT molecular complexity index is 376. The van der Waals surface area contributed by atoms with Crippen molar-refractivity contribution in [1.82, 2.24) is 0 Å². The molecule has 1 radical (unpaired) electrons. The molecular formula is C20H30Rh. The van der Waals surface area contributed by atoms with Gasteiger partial charge in [0.2, 0.25) is 0 Å². The molecule has 1 aliphatic carbocycles. The summed E-state index contributed by atoms with van der Waals surface area (Å²) in [4.78, 5) is 0. The molecule has 0 N–H and O–H groups in total. The molecule has 1 aromatic carbocycles. The number of allylic oxidation sites excluding steroid dienone is 4. The summed E-state index contributed by atoms with van der Waals surface area (Å²) in [5.74, 6) is 0. The Labute approximate surface area is 144 Å². The van der Waals surface area contributed by atoms with Crippen LogP contribution in [0.1, 0.15) is 59.1 Å². The molecule has 0 aromatic heterocycles. The first-order valence-corrected chi connectivity index (χ1v) is 7.80. The van der Waals surface area contributed by atoms with E-state index in [-0.39, 0.29) is 19.5 Å². The van der Waals surface area contributed by atoms with Crippen molar-refractivity contribution in [1.29, 1.82) is 0 Å². The second-order valence-electron chi connectivity index (χ2n) is 5.85. The molecule has 0 saturated carbocycles. The molecule has 0 saturated heterocycles. The fourth-order valence-corrected chi connectivity index (χ4v) is 2.54. The minimum Gasteiger partial charge on any atom is -0.0882 e. The zero-order chi connectivity index (χ0) is 15.1. The second kappa shape index (κ2) is 10.1. The number of hydrogen-bond donors (Lipinski definition) is 0. The fourth-order valence-electron chi connectivity index (χ4n) is 2.54. The summed E-state index contributed by atoms with van der Waals surface area (Å²) in [6, 6.07) is 0. The number of hydrogen-bond acceptors (Lipinski definition) is 0. The summed E-state index contributed by atoms with van der Waals surface area (Å²) < 4.78 is 0. The quantitative estimate of drug-likeness (QED) is 0.375. The molecule has 1 aromatic rings. The molecule has 0 fully saturated rings. The van der Waals surface area contributed by atoms with Crippen LogP contribution in [0.2, 0.25) is 0 Å². The maximum absolute atomic E-state index is 2.27. The van der Waals surface area contributed by atoms with E-state index >= 15 is 0 Å². The van der Waals surface area contributed by atoms with Gasteiger partial charge in [0.1, 0.15) is 0 Å². The van der Waals surface area contributed by atoms with E-state index in [1.807, 2.05) is 0 Å². The summed E-state index contributed by atoms with van der Waals surface area (Å²) in [5, 5.41) is 0. The number of benzene rings is 1. The van der Waals surface area contributed by atoms with Crippen molar-refractivity contribution in [2.24, 2.45) is 0 Å². The van der Waals surface area contributed by atoms with Crippen molar-refractivity contribution in [3.63, 3.8) is 0 Å². The van der Waals surface area contributed by atoms with E-state index in [1.165, 1.54) is 59.1 Å². The van der Waals surface area contributed by atoms with Crippen molar-refractivity contribution < 1.29 is 19.5 Å². The summed E-state index contributed by atoms with van der Waals surface area (Å²) >= 11 is 0. The van der Waals surface area contributed by atoms with Gasteiger partial charge >= 0.3 is 0 Å². The third-order valence-corrected chi connectivity index (χ3v) is 4.71. The van der Waals surface area contributed by atoms with Crippen LogP contribution in [0.4, 0.5) is 0 Å². The van der Waals surface area contributed by atoms with E-state index in [4.69, 9.17) is 0 Å². The Morgan fingerprint density at radius 3 is 0.714 bits per heavy atom. The SMILES string of the molecule is C1=CCC/C=C\CC1.Cc1c(C)c(C)c(C)c(C)c1C.[Rh]. The summed E-state index contributed by atoms with van der Waals surface area (Å²) in [6.45, 7) is 13.3. The van der Waals surface area contributed by atoms with Crippen LogP contribution < -0.4 is 0 Å². The van der Waals surface area contributed by atoms with Crippen molar-refractivity contribution in [3.05, 3.63) is 57.7 Å².